The van der Waals surface area contributed by atoms with Crippen LogP contribution in [0.4, 0.5) is 11.4 Å². The molecule has 1 aliphatic heterocycles. The van der Waals surface area contributed by atoms with Gasteiger partial charge in [-0.2, -0.15) is 0 Å². The Balaban J connectivity index is 2.39. The van der Waals surface area contributed by atoms with Gasteiger partial charge in [0.2, 0.25) is 0 Å². The van der Waals surface area contributed by atoms with E-state index in [-0.39, 0.29) is 11.3 Å². The zero-order valence-corrected chi connectivity index (χ0v) is 10.00. The molecular weight excluding hydrogens is 236 g/mol. The van der Waals surface area contributed by atoms with E-state index >= 15 is 0 Å². The lowest BCUT2D eigenvalue weighted by Gasteiger charge is -2.20. The molecule has 0 bridgehead atoms. The van der Waals surface area contributed by atoms with Gasteiger partial charge in [-0.05, 0) is 25.5 Å². The smallest absolute Gasteiger partial charge is 0.293 e. The first kappa shape index (κ1) is 12.5. The molecule has 0 radical (unpaired) electrons. The third kappa shape index (κ3) is 2.33. The highest BCUT2D eigenvalue weighted by atomic mass is 16.6. The highest BCUT2D eigenvalue weighted by Gasteiger charge is 2.34. The van der Waals surface area contributed by atoms with Crippen LogP contribution in [-0.4, -0.2) is 35.0 Å². The van der Waals surface area contributed by atoms with Crippen LogP contribution in [0.15, 0.2) is 18.2 Å². The van der Waals surface area contributed by atoms with Gasteiger partial charge in [0, 0.05) is 24.7 Å². The molecular formula is C12H14N2O4. The van der Waals surface area contributed by atoms with Gasteiger partial charge in [-0.1, -0.05) is 0 Å². The summed E-state index contributed by atoms with van der Waals surface area (Å²) in [5, 5.41) is 20.9. The largest absolute Gasteiger partial charge is 0.388 e. The molecule has 1 N–H and O–H groups in total. The number of benzene rings is 1. The molecule has 2 rings (SSSR count). The minimum atomic E-state index is -0.822. The summed E-state index contributed by atoms with van der Waals surface area (Å²) in [6, 6.07) is 4.36. The Labute approximate surface area is 104 Å². The Morgan fingerprint density at radius 3 is 2.78 bits per heavy atom. The fourth-order valence-electron chi connectivity index (χ4n) is 2.18. The van der Waals surface area contributed by atoms with Crippen molar-refractivity contribution in [3.8, 4) is 0 Å². The van der Waals surface area contributed by atoms with Gasteiger partial charge in [0.15, 0.2) is 0 Å². The van der Waals surface area contributed by atoms with Crippen molar-refractivity contribution in [1.82, 2.24) is 0 Å². The highest BCUT2D eigenvalue weighted by molar-refractivity contribution is 5.79. The van der Waals surface area contributed by atoms with Crippen molar-refractivity contribution in [3.63, 3.8) is 0 Å². The van der Waals surface area contributed by atoms with Crippen LogP contribution in [-0.2, 0) is 0 Å². The second-order valence-electron chi connectivity index (χ2n) is 4.79. The number of nitrogens with zero attached hydrogens (tertiary/aromatic N) is 2. The Bertz CT molecular complexity index is 499. The molecule has 0 saturated carbocycles. The first-order valence-corrected chi connectivity index (χ1v) is 5.64. The summed E-state index contributed by atoms with van der Waals surface area (Å²) in [5.41, 5.74) is -0.200. The lowest BCUT2D eigenvalue weighted by atomic mass is 10.1. The summed E-state index contributed by atoms with van der Waals surface area (Å²) in [6.07, 6.45) is 1.15. The average Bonchev–Trinajstić information content (AvgIpc) is 2.68. The van der Waals surface area contributed by atoms with Crippen molar-refractivity contribution < 1.29 is 14.8 Å². The molecule has 1 saturated heterocycles. The van der Waals surface area contributed by atoms with Gasteiger partial charge in [-0.3, -0.25) is 14.9 Å². The lowest BCUT2D eigenvalue weighted by molar-refractivity contribution is -0.384. The fourth-order valence-corrected chi connectivity index (χ4v) is 2.18. The minimum Gasteiger partial charge on any atom is -0.388 e. The summed E-state index contributed by atoms with van der Waals surface area (Å²) in [7, 11) is 0. The summed E-state index contributed by atoms with van der Waals surface area (Å²) < 4.78 is 0. The standard InChI is InChI=1S/C12H14N2O4/c1-12(16)4-5-13(8-12)10-3-2-9(7-15)6-11(10)14(17)18/h2-3,6-7,16H,4-5,8H2,1H3. The van der Waals surface area contributed by atoms with Gasteiger partial charge in [0.25, 0.3) is 5.69 Å². The SMILES string of the molecule is CC1(O)CCN(c2ccc(C=O)cc2[N+](=O)[O-])C1. The van der Waals surface area contributed by atoms with Crippen molar-refractivity contribution in [2.24, 2.45) is 0 Å². The molecule has 96 valence electrons. The molecule has 1 atom stereocenters. The van der Waals surface area contributed by atoms with Gasteiger partial charge in [0.05, 0.1) is 10.5 Å². The highest BCUT2D eigenvalue weighted by Crippen LogP contribution is 2.33. The van der Waals surface area contributed by atoms with Gasteiger partial charge in [0.1, 0.15) is 12.0 Å². The lowest BCUT2D eigenvalue weighted by Crippen LogP contribution is -2.29. The molecule has 0 aliphatic carbocycles. The average molecular weight is 250 g/mol. The van der Waals surface area contributed by atoms with E-state index in [1.807, 2.05) is 0 Å². The molecule has 1 aromatic carbocycles. The predicted molar refractivity (Wildman–Crippen MR) is 65.9 cm³/mol. The maximum Gasteiger partial charge on any atom is 0.293 e. The predicted octanol–water partition coefficient (Wildman–Crippen LogP) is 1.37. The van der Waals surface area contributed by atoms with Crippen LogP contribution in [0.3, 0.4) is 0 Å². The summed E-state index contributed by atoms with van der Waals surface area (Å²) >= 11 is 0. The Morgan fingerprint density at radius 2 is 2.28 bits per heavy atom. The van der Waals surface area contributed by atoms with Gasteiger partial charge >= 0.3 is 0 Å². The number of anilines is 1. The van der Waals surface area contributed by atoms with Crippen LogP contribution in [0.25, 0.3) is 0 Å². The number of β-amino-alcohol motifs (C(OH)–C–C–N with tert-alkyl or cyclic N) is 1. The second kappa shape index (κ2) is 4.38. The summed E-state index contributed by atoms with van der Waals surface area (Å²) in [5.74, 6) is 0. The van der Waals surface area contributed by atoms with Crippen molar-refractivity contribution in [2.45, 2.75) is 18.9 Å². The quantitative estimate of drug-likeness (QED) is 0.497. The van der Waals surface area contributed by atoms with Gasteiger partial charge < -0.3 is 10.0 Å². The molecule has 1 unspecified atom stereocenters. The monoisotopic (exact) mass is 250 g/mol. The number of nitro groups is 1. The van der Waals surface area contributed by atoms with Crippen molar-refractivity contribution in [1.29, 1.82) is 0 Å². The number of carbonyl (C=O) groups excluding carboxylic acids is 1. The number of aliphatic hydroxyl groups is 1. The minimum absolute atomic E-state index is 0.0997. The van der Waals surface area contributed by atoms with E-state index in [1.165, 1.54) is 6.07 Å². The molecule has 1 fully saturated rings. The van der Waals surface area contributed by atoms with E-state index in [9.17, 15) is 20.0 Å². The maximum absolute atomic E-state index is 11.0. The van der Waals surface area contributed by atoms with Crippen LogP contribution in [0.1, 0.15) is 23.7 Å². The van der Waals surface area contributed by atoms with E-state index in [2.05, 4.69) is 0 Å². The molecule has 0 spiro atoms. The number of hydrogen-bond donors (Lipinski definition) is 1. The number of carbonyl (C=O) groups is 1. The maximum atomic E-state index is 11.0. The molecule has 1 aromatic rings. The van der Waals surface area contributed by atoms with E-state index in [4.69, 9.17) is 0 Å². The van der Waals surface area contributed by atoms with Crippen molar-refractivity contribution in [3.05, 3.63) is 33.9 Å². The third-order valence-electron chi connectivity index (χ3n) is 3.12. The Hall–Kier alpha value is -1.95. The summed E-state index contributed by atoms with van der Waals surface area (Å²) in [4.78, 5) is 22.9. The molecule has 0 aromatic heterocycles. The zero-order valence-electron chi connectivity index (χ0n) is 10.00. The first-order chi connectivity index (χ1) is 8.43. The molecule has 6 heteroatoms. The zero-order chi connectivity index (χ0) is 13.3. The number of aldehydes is 1. The van der Waals surface area contributed by atoms with E-state index < -0.39 is 10.5 Å². The Morgan fingerprint density at radius 1 is 1.56 bits per heavy atom. The van der Waals surface area contributed by atoms with Gasteiger partial charge in [-0.15, -0.1) is 0 Å². The molecule has 6 nitrogen and oxygen atoms in total. The number of nitro benzene ring substituents is 1. The van der Waals surface area contributed by atoms with Gasteiger partial charge in [-0.25, -0.2) is 0 Å². The van der Waals surface area contributed by atoms with Crippen LogP contribution in [0.2, 0.25) is 0 Å². The van der Waals surface area contributed by atoms with E-state index in [0.29, 0.717) is 31.5 Å². The van der Waals surface area contributed by atoms with Crippen LogP contribution >= 0.6 is 0 Å². The Kier molecular flexibility index (Phi) is 3.04. The molecule has 18 heavy (non-hydrogen) atoms. The van der Waals surface area contributed by atoms with Crippen molar-refractivity contribution >= 4 is 17.7 Å². The van der Waals surface area contributed by atoms with E-state index in [1.54, 1.807) is 24.0 Å². The van der Waals surface area contributed by atoms with E-state index in [0.717, 1.165) is 0 Å². The second-order valence-corrected chi connectivity index (χ2v) is 4.79. The first-order valence-electron chi connectivity index (χ1n) is 5.64. The van der Waals surface area contributed by atoms with Crippen LogP contribution in [0, 0.1) is 10.1 Å². The van der Waals surface area contributed by atoms with Crippen molar-refractivity contribution in [2.75, 3.05) is 18.0 Å². The molecule has 1 aliphatic rings. The fraction of sp³-hybridized carbons (Fsp3) is 0.417. The number of hydrogen-bond acceptors (Lipinski definition) is 5. The van der Waals surface area contributed by atoms with Crippen LogP contribution in [0.5, 0.6) is 0 Å². The normalized spacial score (nSPS) is 23.1. The molecule has 0 amide bonds. The number of rotatable bonds is 3. The third-order valence-corrected chi connectivity index (χ3v) is 3.12. The topological polar surface area (TPSA) is 83.7 Å². The van der Waals surface area contributed by atoms with Crippen LogP contribution < -0.4 is 4.90 Å². The summed E-state index contributed by atoms with van der Waals surface area (Å²) in [6.45, 7) is 2.63. The molecule has 1 heterocycles.